The van der Waals surface area contributed by atoms with Crippen molar-refractivity contribution >= 4 is 16.5 Å². The summed E-state index contributed by atoms with van der Waals surface area (Å²) in [7, 11) is 1.96. The fraction of sp³-hybridized carbons (Fsp3) is 0.500. The topological polar surface area (TPSA) is 56.7 Å². The van der Waals surface area contributed by atoms with E-state index >= 15 is 0 Å². The molecule has 3 rings (SSSR count). The van der Waals surface area contributed by atoms with Gasteiger partial charge >= 0.3 is 0 Å². The monoisotopic (exact) mass is 248 g/mol. The van der Waals surface area contributed by atoms with Gasteiger partial charge in [0.15, 0.2) is 5.13 Å². The van der Waals surface area contributed by atoms with Crippen LogP contribution in [0.4, 0.5) is 5.13 Å². The van der Waals surface area contributed by atoms with E-state index < -0.39 is 0 Å². The van der Waals surface area contributed by atoms with E-state index in [1.807, 2.05) is 11.7 Å². The number of hydrogen-bond acceptors (Lipinski definition) is 4. The van der Waals surface area contributed by atoms with E-state index in [-0.39, 0.29) is 0 Å². The van der Waals surface area contributed by atoms with Crippen molar-refractivity contribution < 1.29 is 0 Å². The number of hydrogen-bond donors (Lipinski definition) is 1. The van der Waals surface area contributed by atoms with E-state index in [1.165, 1.54) is 29.0 Å². The normalized spacial score (nSPS) is 15.4. The number of aryl methyl sites for hydroxylation is 2. The Morgan fingerprint density at radius 2 is 2.29 bits per heavy atom. The number of thiazole rings is 1. The van der Waals surface area contributed by atoms with Gasteiger partial charge in [0.2, 0.25) is 0 Å². The largest absolute Gasteiger partial charge is 0.375 e. The zero-order valence-corrected chi connectivity index (χ0v) is 10.9. The molecule has 0 saturated heterocycles. The summed E-state index contributed by atoms with van der Waals surface area (Å²) in [5.74, 6) is 0.663. The lowest BCUT2D eigenvalue weighted by Crippen LogP contribution is -1.91. The minimum absolute atomic E-state index is 0.663. The summed E-state index contributed by atoms with van der Waals surface area (Å²) in [5, 5.41) is 5.07. The van der Waals surface area contributed by atoms with Gasteiger partial charge in [0.05, 0.1) is 11.4 Å². The molecule has 1 fully saturated rings. The molecule has 1 aliphatic carbocycles. The highest BCUT2D eigenvalue weighted by Gasteiger charge is 2.29. The van der Waals surface area contributed by atoms with Crippen molar-refractivity contribution in [3.63, 3.8) is 0 Å². The number of aromatic nitrogens is 3. The van der Waals surface area contributed by atoms with E-state index in [1.54, 1.807) is 11.3 Å². The van der Waals surface area contributed by atoms with Gasteiger partial charge < -0.3 is 5.73 Å². The average molecular weight is 248 g/mol. The van der Waals surface area contributed by atoms with Crippen LogP contribution in [0.25, 0.3) is 0 Å². The summed E-state index contributed by atoms with van der Waals surface area (Å²) >= 11 is 1.63. The van der Waals surface area contributed by atoms with Crippen molar-refractivity contribution in [1.82, 2.24) is 14.8 Å². The molecule has 4 nitrogen and oxygen atoms in total. The van der Waals surface area contributed by atoms with E-state index in [9.17, 15) is 0 Å². The van der Waals surface area contributed by atoms with Gasteiger partial charge in [-0.05, 0) is 25.3 Å². The SMILES string of the molecule is Cc1nn(C)cc1Cc1sc(N)nc1C1CC1. The first kappa shape index (κ1) is 10.8. The molecule has 0 unspecified atom stereocenters. The van der Waals surface area contributed by atoms with Gasteiger partial charge in [0.25, 0.3) is 0 Å². The summed E-state index contributed by atoms with van der Waals surface area (Å²) in [4.78, 5) is 5.79. The lowest BCUT2D eigenvalue weighted by molar-refractivity contribution is 0.756. The molecule has 0 amide bonds. The number of anilines is 1. The lowest BCUT2D eigenvalue weighted by atomic mass is 10.1. The molecular formula is C12H16N4S. The van der Waals surface area contributed by atoms with Crippen LogP contribution in [0.5, 0.6) is 0 Å². The molecule has 2 N–H and O–H groups in total. The van der Waals surface area contributed by atoms with Crippen molar-refractivity contribution in [2.45, 2.75) is 32.1 Å². The first-order valence-corrected chi connectivity index (χ1v) is 6.69. The van der Waals surface area contributed by atoms with Crippen LogP contribution in [-0.4, -0.2) is 14.8 Å². The Bertz CT molecular complexity index is 551. The van der Waals surface area contributed by atoms with Crippen LogP contribution < -0.4 is 5.73 Å². The van der Waals surface area contributed by atoms with Gasteiger partial charge in [-0.2, -0.15) is 5.10 Å². The molecule has 0 bridgehead atoms. The lowest BCUT2D eigenvalue weighted by Gasteiger charge is -1.99. The van der Waals surface area contributed by atoms with Crippen molar-refractivity contribution in [2.75, 3.05) is 5.73 Å². The van der Waals surface area contributed by atoms with Gasteiger partial charge in [0.1, 0.15) is 0 Å². The Morgan fingerprint density at radius 1 is 1.53 bits per heavy atom. The maximum Gasteiger partial charge on any atom is 0.180 e. The zero-order chi connectivity index (χ0) is 12.0. The van der Waals surface area contributed by atoms with E-state index in [0.29, 0.717) is 11.0 Å². The van der Waals surface area contributed by atoms with Gasteiger partial charge in [-0.3, -0.25) is 4.68 Å². The first-order chi connectivity index (χ1) is 8.13. The molecule has 0 aromatic carbocycles. The van der Waals surface area contributed by atoms with Crippen LogP contribution >= 0.6 is 11.3 Å². The molecular weight excluding hydrogens is 232 g/mol. The fourth-order valence-electron chi connectivity index (χ4n) is 2.18. The molecule has 0 spiro atoms. The zero-order valence-electron chi connectivity index (χ0n) is 10.1. The second-order valence-electron chi connectivity index (χ2n) is 4.72. The predicted octanol–water partition coefficient (Wildman–Crippen LogP) is 2.24. The first-order valence-electron chi connectivity index (χ1n) is 5.87. The van der Waals surface area contributed by atoms with Gasteiger partial charge in [0, 0.05) is 30.5 Å². The Balaban J connectivity index is 1.91. The molecule has 0 radical (unpaired) electrons. The number of rotatable bonds is 3. The number of nitrogens with two attached hydrogens (primary N) is 1. The minimum atomic E-state index is 0.663. The maximum absolute atomic E-state index is 5.83. The van der Waals surface area contributed by atoms with Crippen LogP contribution in [0.15, 0.2) is 6.20 Å². The minimum Gasteiger partial charge on any atom is -0.375 e. The summed E-state index contributed by atoms with van der Waals surface area (Å²) in [6.07, 6.45) is 5.53. The summed E-state index contributed by atoms with van der Waals surface area (Å²) in [6, 6.07) is 0. The van der Waals surface area contributed by atoms with E-state index in [2.05, 4.69) is 23.2 Å². The quantitative estimate of drug-likeness (QED) is 0.906. The molecule has 5 heteroatoms. The molecule has 1 aliphatic rings. The van der Waals surface area contributed by atoms with Crippen molar-refractivity contribution in [3.05, 3.63) is 28.0 Å². The number of nitrogens with zero attached hydrogens (tertiary/aromatic N) is 3. The van der Waals surface area contributed by atoms with Crippen LogP contribution in [0.3, 0.4) is 0 Å². The summed E-state index contributed by atoms with van der Waals surface area (Å²) in [6.45, 7) is 2.05. The van der Waals surface area contributed by atoms with Gasteiger partial charge in [-0.15, -0.1) is 11.3 Å². The Hall–Kier alpha value is -1.36. The fourth-order valence-corrected chi connectivity index (χ4v) is 3.12. The van der Waals surface area contributed by atoms with Crippen LogP contribution in [0.1, 0.15) is 40.6 Å². The summed E-state index contributed by atoms with van der Waals surface area (Å²) in [5.41, 5.74) is 9.43. The van der Waals surface area contributed by atoms with Crippen molar-refractivity contribution in [1.29, 1.82) is 0 Å². The van der Waals surface area contributed by atoms with Gasteiger partial charge in [-0.25, -0.2) is 4.98 Å². The standard InChI is InChI=1S/C12H16N4S/c1-7-9(6-16(2)15-7)5-10-11(8-3-4-8)14-12(13)17-10/h6,8H,3-5H2,1-2H3,(H2,13,14). The molecule has 0 aliphatic heterocycles. The molecule has 2 aromatic heterocycles. The van der Waals surface area contributed by atoms with Crippen molar-refractivity contribution in [2.24, 2.45) is 7.05 Å². The maximum atomic E-state index is 5.83. The Kier molecular flexibility index (Phi) is 2.43. The average Bonchev–Trinajstić information content (AvgIpc) is 2.96. The van der Waals surface area contributed by atoms with Crippen LogP contribution in [-0.2, 0) is 13.5 Å². The Morgan fingerprint density at radius 3 is 2.88 bits per heavy atom. The molecule has 2 heterocycles. The smallest absolute Gasteiger partial charge is 0.180 e. The number of nitrogen functional groups attached to an aromatic ring is 1. The predicted molar refractivity (Wildman–Crippen MR) is 69.3 cm³/mol. The summed E-state index contributed by atoms with van der Waals surface area (Å²) < 4.78 is 1.87. The third kappa shape index (κ3) is 2.07. The second-order valence-corrected chi connectivity index (χ2v) is 5.84. The van der Waals surface area contributed by atoms with Gasteiger partial charge in [-0.1, -0.05) is 0 Å². The third-order valence-corrected chi connectivity index (χ3v) is 4.07. The van der Waals surface area contributed by atoms with Crippen LogP contribution in [0.2, 0.25) is 0 Å². The molecule has 1 saturated carbocycles. The molecule has 90 valence electrons. The van der Waals surface area contributed by atoms with E-state index in [0.717, 1.165) is 12.1 Å². The third-order valence-electron chi connectivity index (χ3n) is 3.17. The highest BCUT2D eigenvalue weighted by atomic mass is 32.1. The Labute approximate surface area is 104 Å². The van der Waals surface area contributed by atoms with E-state index in [4.69, 9.17) is 5.73 Å². The molecule has 2 aromatic rings. The van der Waals surface area contributed by atoms with Crippen molar-refractivity contribution in [3.8, 4) is 0 Å². The highest BCUT2D eigenvalue weighted by Crippen LogP contribution is 2.43. The molecule has 0 atom stereocenters. The second kappa shape index (κ2) is 3.84. The van der Waals surface area contributed by atoms with Crippen LogP contribution in [0, 0.1) is 6.92 Å². The highest BCUT2D eigenvalue weighted by molar-refractivity contribution is 7.15. The molecule has 17 heavy (non-hydrogen) atoms.